The number of aromatic nitrogens is 2. The van der Waals surface area contributed by atoms with Crippen molar-refractivity contribution >= 4 is 41.2 Å². The van der Waals surface area contributed by atoms with Crippen molar-refractivity contribution in [2.45, 2.75) is 6.42 Å². The lowest BCUT2D eigenvalue weighted by Gasteiger charge is -2.16. The highest BCUT2D eigenvalue weighted by Crippen LogP contribution is 2.25. The van der Waals surface area contributed by atoms with Crippen LogP contribution >= 0.6 is 23.8 Å². The summed E-state index contributed by atoms with van der Waals surface area (Å²) in [5.41, 5.74) is 5.34. The van der Waals surface area contributed by atoms with Crippen LogP contribution in [-0.2, 0) is 4.79 Å². The van der Waals surface area contributed by atoms with Crippen molar-refractivity contribution in [2.75, 3.05) is 23.1 Å². The van der Waals surface area contributed by atoms with E-state index in [1.54, 1.807) is 0 Å². The van der Waals surface area contributed by atoms with Crippen molar-refractivity contribution in [3.63, 3.8) is 0 Å². The minimum Gasteiger partial charge on any atom is -0.383 e. The SMILES string of the molecule is Nc1[nH]c(=S)[nH]c(=O)c1N1CC(CCl)CC1=O. The van der Waals surface area contributed by atoms with Crippen molar-refractivity contribution in [2.24, 2.45) is 5.92 Å². The van der Waals surface area contributed by atoms with E-state index in [1.165, 1.54) is 4.90 Å². The first-order valence-electron chi connectivity index (χ1n) is 5.01. The number of hydrogen-bond acceptors (Lipinski definition) is 4. The van der Waals surface area contributed by atoms with E-state index in [2.05, 4.69) is 9.97 Å². The smallest absolute Gasteiger partial charge is 0.277 e. The third-order valence-electron chi connectivity index (χ3n) is 2.64. The highest BCUT2D eigenvalue weighted by atomic mass is 35.5. The Morgan fingerprint density at radius 2 is 2.18 bits per heavy atom. The lowest BCUT2D eigenvalue weighted by Crippen LogP contribution is -2.32. The Morgan fingerprint density at radius 1 is 1.47 bits per heavy atom. The highest BCUT2D eigenvalue weighted by Gasteiger charge is 2.32. The molecule has 1 amide bonds. The second kappa shape index (κ2) is 4.50. The Hall–Kier alpha value is -1.34. The Labute approximate surface area is 107 Å². The second-order valence-corrected chi connectivity index (χ2v) is 4.62. The molecule has 4 N–H and O–H groups in total. The van der Waals surface area contributed by atoms with Crippen LogP contribution in [0.3, 0.4) is 0 Å². The number of anilines is 2. The number of hydrogen-bond donors (Lipinski definition) is 3. The van der Waals surface area contributed by atoms with Crippen LogP contribution in [0.25, 0.3) is 0 Å². The monoisotopic (exact) mass is 274 g/mol. The molecule has 1 fully saturated rings. The van der Waals surface area contributed by atoms with Gasteiger partial charge in [0.25, 0.3) is 5.56 Å². The fraction of sp³-hybridized carbons (Fsp3) is 0.444. The predicted octanol–water partition coefficient (Wildman–Crippen LogP) is 0.606. The molecule has 0 aliphatic carbocycles. The molecule has 1 aromatic heterocycles. The molecule has 1 aliphatic rings. The molecule has 0 aromatic carbocycles. The summed E-state index contributed by atoms with van der Waals surface area (Å²) in [6.07, 6.45) is 0.331. The van der Waals surface area contributed by atoms with Crippen molar-refractivity contribution in [1.82, 2.24) is 9.97 Å². The molecule has 1 atom stereocenters. The fourth-order valence-corrected chi connectivity index (χ4v) is 2.28. The van der Waals surface area contributed by atoms with Gasteiger partial charge in [-0.3, -0.25) is 14.6 Å². The van der Waals surface area contributed by atoms with E-state index < -0.39 is 5.56 Å². The predicted molar refractivity (Wildman–Crippen MR) is 67.8 cm³/mol. The van der Waals surface area contributed by atoms with E-state index in [0.717, 1.165) is 0 Å². The maximum absolute atomic E-state index is 11.8. The van der Waals surface area contributed by atoms with Crippen molar-refractivity contribution in [1.29, 1.82) is 0 Å². The number of amides is 1. The van der Waals surface area contributed by atoms with E-state index in [1.807, 2.05) is 0 Å². The lowest BCUT2D eigenvalue weighted by atomic mass is 10.1. The van der Waals surface area contributed by atoms with E-state index in [9.17, 15) is 9.59 Å². The molecule has 0 saturated carbocycles. The number of nitrogens with zero attached hydrogens (tertiary/aromatic N) is 1. The number of H-pyrrole nitrogens is 2. The molecule has 2 heterocycles. The number of carbonyl (C=O) groups excluding carboxylic acids is 1. The zero-order valence-electron chi connectivity index (χ0n) is 8.83. The molecule has 0 bridgehead atoms. The largest absolute Gasteiger partial charge is 0.383 e. The average molecular weight is 275 g/mol. The summed E-state index contributed by atoms with van der Waals surface area (Å²) in [5, 5.41) is 0. The van der Waals surface area contributed by atoms with Gasteiger partial charge in [0.15, 0.2) is 10.5 Å². The summed E-state index contributed by atoms with van der Waals surface area (Å²) >= 11 is 10.5. The second-order valence-electron chi connectivity index (χ2n) is 3.90. The number of nitrogen functional groups attached to an aromatic ring is 1. The average Bonchev–Trinajstić information content (AvgIpc) is 2.59. The van der Waals surface area contributed by atoms with Crippen LogP contribution < -0.4 is 16.2 Å². The normalized spacial score (nSPS) is 19.9. The molecule has 1 aromatic rings. The van der Waals surface area contributed by atoms with Gasteiger partial charge >= 0.3 is 0 Å². The van der Waals surface area contributed by atoms with Crippen molar-refractivity contribution in [3.05, 3.63) is 15.1 Å². The number of alkyl halides is 1. The Kier molecular flexibility index (Phi) is 3.21. The molecule has 1 aliphatic heterocycles. The minimum absolute atomic E-state index is 0.0474. The van der Waals surface area contributed by atoms with Crippen LogP contribution in [0.5, 0.6) is 0 Å². The summed E-state index contributed by atoms with van der Waals surface area (Å²) in [7, 11) is 0. The van der Waals surface area contributed by atoms with Gasteiger partial charge in [0.05, 0.1) is 0 Å². The maximum atomic E-state index is 11.8. The first-order valence-corrected chi connectivity index (χ1v) is 5.95. The topological polar surface area (TPSA) is 95.0 Å². The number of nitrogens with two attached hydrogens (primary N) is 1. The van der Waals surface area contributed by atoms with E-state index in [-0.39, 0.29) is 28.1 Å². The molecule has 1 unspecified atom stereocenters. The summed E-state index contributed by atoms with van der Waals surface area (Å²) < 4.78 is 0.136. The maximum Gasteiger partial charge on any atom is 0.277 e. The van der Waals surface area contributed by atoms with Gasteiger partial charge in [0.1, 0.15) is 5.82 Å². The number of halogens is 1. The third-order valence-corrected chi connectivity index (χ3v) is 3.28. The standard InChI is InChI=1S/C9H11ClN4O2S/c10-2-4-1-5(15)14(3-4)6-7(11)12-9(17)13-8(6)16/h4H,1-3H2,(H4,11,12,13,16,17). The van der Waals surface area contributed by atoms with Gasteiger partial charge < -0.3 is 15.6 Å². The highest BCUT2D eigenvalue weighted by molar-refractivity contribution is 7.71. The number of rotatable bonds is 2. The third kappa shape index (κ3) is 2.20. The Balaban J connectivity index is 2.45. The van der Waals surface area contributed by atoms with Gasteiger partial charge in [-0.1, -0.05) is 0 Å². The molecule has 0 radical (unpaired) electrons. The van der Waals surface area contributed by atoms with Gasteiger partial charge in [-0.05, 0) is 18.1 Å². The number of carbonyl (C=O) groups is 1. The summed E-state index contributed by atoms with van der Waals surface area (Å²) in [6.45, 7) is 0.403. The summed E-state index contributed by atoms with van der Waals surface area (Å²) in [6, 6.07) is 0. The molecule has 92 valence electrons. The van der Waals surface area contributed by atoms with Gasteiger partial charge in [-0.15, -0.1) is 11.6 Å². The van der Waals surface area contributed by atoms with Crippen molar-refractivity contribution in [3.8, 4) is 0 Å². The molecule has 0 spiro atoms. The quantitative estimate of drug-likeness (QED) is 0.544. The molecule has 2 rings (SSSR count). The first kappa shape index (κ1) is 12.1. The lowest BCUT2D eigenvalue weighted by molar-refractivity contribution is -0.117. The first-order chi connectivity index (χ1) is 8.02. The Bertz CT molecular complexity index is 567. The molecule has 1 saturated heterocycles. The fourth-order valence-electron chi connectivity index (χ4n) is 1.87. The molecule has 8 heteroatoms. The van der Waals surface area contributed by atoms with E-state index >= 15 is 0 Å². The van der Waals surface area contributed by atoms with Crippen LogP contribution in [0, 0.1) is 10.7 Å². The van der Waals surface area contributed by atoms with Crippen LogP contribution in [0.4, 0.5) is 11.5 Å². The number of aromatic amines is 2. The molecular weight excluding hydrogens is 264 g/mol. The van der Waals surface area contributed by atoms with E-state index in [0.29, 0.717) is 18.8 Å². The summed E-state index contributed by atoms with van der Waals surface area (Å²) in [4.78, 5) is 29.9. The molecular formula is C9H11ClN4O2S. The number of nitrogens with one attached hydrogen (secondary N) is 2. The molecule has 6 nitrogen and oxygen atoms in total. The Morgan fingerprint density at radius 3 is 2.71 bits per heavy atom. The minimum atomic E-state index is -0.463. The molecule has 17 heavy (non-hydrogen) atoms. The van der Waals surface area contributed by atoms with E-state index in [4.69, 9.17) is 29.6 Å². The zero-order valence-corrected chi connectivity index (χ0v) is 10.4. The van der Waals surface area contributed by atoms with Crippen LogP contribution in [-0.4, -0.2) is 28.3 Å². The van der Waals surface area contributed by atoms with Crippen LogP contribution in [0.15, 0.2) is 4.79 Å². The van der Waals surface area contributed by atoms with Gasteiger partial charge in [0.2, 0.25) is 5.91 Å². The van der Waals surface area contributed by atoms with Gasteiger partial charge in [-0.25, -0.2) is 0 Å². The van der Waals surface area contributed by atoms with Gasteiger partial charge in [-0.2, -0.15) is 0 Å². The van der Waals surface area contributed by atoms with Crippen LogP contribution in [0.1, 0.15) is 6.42 Å². The summed E-state index contributed by atoms with van der Waals surface area (Å²) in [5.74, 6) is 0.370. The van der Waals surface area contributed by atoms with Gasteiger partial charge in [0, 0.05) is 18.8 Å². The van der Waals surface area contributed by atoms with Crippen molar-refractivity contribution < 1.29 is 4.79 Å². The zero-order chi connectivity index (χ0) is 12.6. The van der Waals surface area contributed by atoms with Crippen LogP contribution in [0.2, 0.25) is 0 Å².